The fourth-order valence-electron chi connectivity index (χ4n) is 1.86. The summed E-state index contributed by atoms with van der Waals surface area (Å²) >= 11 is 0. The van der Waals surface area contributed by atoms with Gasteiger partial charge in [-0.05, 0) is 32.0 Å². The lowest BCUT2D eigenvalue weighted by Gasteiger charge is -2.34. The number of ether oxygens (including phenoxy) is 1. The highest BCUT2D eigenvalue weighted by molar-refractivity contribution is 5.79. The molecule has 1 aromatic carbocycles. The van der Waals surface area contributed by atoms with Gasteiger partial charge in [0.1, 0.15) is 18.6 Å². The van der Waals surface area contributed by atoms with Crippen LogP contribution in [-0.4, -0.2) is 25.5 Å². The van der Waals surface area contributed by atoms with Gasteiger partial charge in [-0.3, -0.25) is 4.79 Å². The SMILES string of the molecule is CC(C)N1CCOc2ccc(C=O)cc21. The maximum absolute atomic E-state index is 10.7. The molecule has 0 saturated carbocycles. The zero-order valence-electron chi connectivity index (χ0n) is 9.06. The van der Waals surface area contributed by atoms with E-state index in [0.29, 0.717) is 18.2 Å². The summed E-state index contributed by atoms with van der Waals surface area (Å²) in [5, 5.41) is 0. The molecule has 0 aliphatic carbocycles. The van der Waals surface area contributed by atoms with E-state index in [-0.39, 0.29) is 0 Å². The summed E-state index contributed by atoms with van der Waals surface area (Å²) < 4.78 is 5.55. The van der Waals surface area contributed by atoms with E-state index < -0.39 is 0 Å². The van der Waals surface area contributed by atoms with Crippen molar-refractivity contribution in [2.75, 3.05) is 18.1 Å². The minimum Gasteiger partial charge on any atom is -0.490 e. The molecule has 0 N–H and O–H groups in total. The van der Waals surface area contributed by atoms with Crippen molar-refractivity contribution in [3.63, 3.8) is 0 Å². The number of rotatable bonds is 2. The molecule has 80 valence electrons. The second kappa shape index (κ2) is 3.93. The molecular weight excluding hydrogens is 190 g/mol. The highest BCUT2D eigenvalue weighted by Gasteiger charge is 2.20. The molecule has 3 heteroatoms. The van der Waals surface area contributed by atoms with Gasteiger partial charge in [-0.25, -0.2) is 0 Å². The Balaban J connectivity index is 2.43. The molecule has 1 heterocycles. The van der Waals surface area contributed by atoms with Crippen molar-refractivity contribution in [1.29, 1.82) is 0 Å². The molecule has 0 bridgehead atoms. The van der Waals surface area contributed by atoms with Crippen LogP contribution in [0.25, 0.3) is 0 Å². The lowest BCUT2D eigenvalue weighted by molar-refractivity contribution is 0.112. The van der Waals surface area contributed by atoms with Gasteiger partial charge in [-0.2, -0.15) is 0 Å². The van der Waals surface area contributed by atoms with Gasteiger partial charge in [0.2, 0.25) is 0 Å². The Morgan fingerprint density at radius 1 is 1.47 bits per heavy atom. The molecule has 0 atom stereocenters. The van der Waals surface area contributed by atoms with Crippen molar-refractivity contribution in [3.8, 4) is 5.75 Å². The van der Waals surface area contributed by atoms with Gasteiger partial charge in [0.15, 0.2) is 0 Å². The van der Waals surface area contributed by atoms with E-state index in [9.17, 15) is 4.79 Å². The van der Waals surface area contributed by atoms with Gasteiger partial charge in [0, 0.05) is 11.6 Å². The maximum atomic E-state index is 10.7. The molecule has 15 heavy (non-hydrogen) atoms. The lowest BCUT2D eigenvalue weighted by Crippen LogP contribution is -2.37. The summed E-state index contributed by atoms with van der Waals surface area (Å²) in [6.45, 7) is 5.88. The number of aldehydes is 1. The van der Waals surface area contributed by atoms with Crippen LogP contribution in [0.3, 0.4) is 0 Å². The van der Waals surface area contributed by atoms with Crippen LogP contribution in [0.2, 0.25) is 0 Å². The fourth-order valence-corrected chi connectivity index (χ4v) is 1.86. The molecule has 0 spiro atoms. The molecule has 0 amide bonds. The molecule has 3 nitrogen and oxygen atoms in total. The van der Waals surface area contributed by atoms with Crippen LogP contribution in [0.5, 0.6) is 5.75 Å². The predicted octanol–water partition coefficient (Wildman–Crippen LogP) is 2.11. The third kappa shape index (κ3) is 1.82. The number of benzene rings is 1. The Kier molecular flexibility index (Phi) is 2.62. The summed E-state index contributed by atoms with van der Waals surface area (Å²) in [6.07, 6.45) is 0.868. The number of fused-ring (bicyclic) bond motifs is 1. The number of carbonyl (C=O) groups is 1. The molecule has 0 saturated heterocycles. The monoisotopic (exact) mass is 205 g/mol. The van der Waals surface area contributed by atoms with E-state index in [1.807, 2.05) is 12.1 Å². The predicted molar refractivity (Wildman–Crippen MR) is 59.8 cm³/mol. The average Bonchev–Trinajstić information content (AvgIpc) is 2.27. The number of nitrogens with zero attached hydrogens (tertiary/aromatic N) is 1. The molecule has 2 rings (SSSR count). The Morgan fingerprint density at radius 3 is 2.93 bits per heavy atom. The highest BCUT2D eigenvalue weighted by Crippen LogP contribution is 2.33. The fraction of sp³-hybridized carbons (Fsp3) is 0.417. The van der Waals surface area contributed by atoms with Gasteiger partial charge in [0.05, 0.1) is 12.2 Å². The molecule has 1 aliphatic rings. The number of carbonyl (C=O) groups excluding carboxylic acids is 1. The van der Waals surface area contributed by atoms with Crippen LogP contribution in [0.15, 0.2) is 18.2 Å². The topological polar surface area (TPSA) is 29.5 Å². The van der Waals surface area contributed by atoms with Gasteiger partial charge < -0.3 is 9.64 Å². The highest BCUT2D eigenvalue weighted by atomic mass is 16.5. The zero-order valence-corrected chi connectivity index (χ0v) is 9.06. The standard InChI is InChI=1S/C12H15NO2/c1-9(2)13-5-6-15-12-4-3-10(8-14)7-11(12)13/h3-4,7-9H,5-6H2,1-2H3. The van der Waals surface area contributed by atoms with Gasteiger partial charge in [-0.15, -0.1) is 0 Å². The van der Waals surface area contributed by atoms with Crippen LogP contribution < -0.4 is 9.64 Å². The van der Waals surface area contributed by atoms with Crippen molar-refractivity contribution in [2.45, 2.75) is 19.9 Å². The van der Waals surface area contributed by atoms with E-state index in [0.717, 1.165) is 24.3 Å². The Hall–Kier alpha value is -1.51. The molecule has 0 radical (unpaired) electrons. The van der Waals surface area contributed by atoms with Crippen molar-refractivity contribution in [3.05, 3.63) is 23.8 Å². The molecule has 0 aromatic heterocycles. The summed E-state index contributed by atoms with van der Waals surface area (Å²) in [6, 6.07) is 5.97. The summed E-state index contributed by atoms with van der Waals surface area (Å²) in [5.74, 6) is 0.876. The molecule has 0 unspecified atom stereocenters. The van der Waals surface area contributed by atoms with Crippen LogP contribution in [0, 0.1) is 0 Å². The van der Waals surface area contributed by atoms with Crippen LogP contribution in [0.4, 0.5) is 5.69 Å². The third-order valence-electron chi connectivity index (χ3n) is 2.64. The van der Waals surface area contributed by atoms with Crippen LogP contribution in [-0.2, 0) is 0 Å². The molecule has 0 fully saturated rings. The second-order valence-corrected chi connectivity index (χ2v) is 3.98. The Morgan fingerprint density at radius 2 is 2.27 bits per heavy atom. The Bertz CT molecular complexity index is 374. The normalized spacial score (nSPS) is 14.7. The van der Waals surface area contributed by atoms with Crippen molar-refractivity contribution >= 4 is 12.0 Å². The minimum absolute atomic E-state index is 0.426. The molecular formula is C12H15NO2. The van der Waals surface area contributed by atoms with E-state index in [4.69, 9.17) is 4.74 Å². The first-order valence-electron chi connectivity index (χ1n) is 5.21. The van der Waals surface area contributed by atoms with E-state index >= 15 is 0 Å². The summed E-state index contributed by atoms with van der Waals surface area (Å²) in [7, 11) is 0. The first-order valence-corrected chi connectivity index (χ1v) is 5.21. The quantitative estimate of drug-likeness (QED) is 0.692. The second-order valence-electron chi connectivity index (χ2n) is 3.98. The van der Waals surface area contributed by atoms with Gasteiger partial charge in [-0.1, -0.05) is 0 Å². The summed E-state index contributed by atoms with van der Waals surface area (Å²) in [5.41, 5.74) is 1.73. The average molecular weight is 205 g/mol. The molecule has 1 aromatic rings. The number of anilines is 1. The van der Waals surface area contributed by atoms with E-state index in [1.165, 1.54) is 0 Å². The largest absolute Gasteiger partial charge is 0.490 e. The van der Waals surface area contributed by atoms with Gasteiger partial charge >= 0.3 is 0 Å². The smallest absolute Gasteiger partial charge is 0.150 e. The number of hydrogen-bond acceptors (Lipinski definition) is 3. The lowest BCUT2D eigenvalue weighted by atomic mass is 10.1. The van der Waals surface area contributed by atoms with Crippen molar-refractivity contribution in [1.82, 2.24) is 0 Å². The minimum atomic E-state index is 0.426. The number of hydrogen-bond donors (Lipinski definition) is 0. The molecule has 1 aliphatic heterocycles. The van der Waals surface area contributed by atoms with Crippen molar-refractivity contribution < 1.29 is 9.53 Å². The summed E-state index contributed by atoms with van der Waals surface area (Å²) in [4.78, 5) is 13.0. The zero-order chi connectivity index (χ0) is 10.8. The van der Waals surface area contributed by atoms with Crippen molar-refractivity contribution in [2.24, 2.45) is 0 Å². The van der Waals surface area contributed by atoms with Crippen LogP contribution in [0.1, 0.15) is 24.2 Å². The maximum Gasteiger partial charge on any atom is 0.150 e. The van der Waals surface area contributed by atoms with E-state index in [1.54, 1.807) is 6.07 Å². The first-order chi connectivity index (χ1) is 7.22. The Labute approximate surface area is 89.7 Å². The van der Waals surface area contributed by atoms with Gasteiger partial charge in [0.25, 0.3) is 0 Å². The van der Waals surface area contributed by atoms with E-state index in [2.05, 4.69) is 18.7 Å². The third-order valence-corrected chi connectivity index (χ3v) is 2.64. The first kappa shape index (κ1) is 10.0. The van der Waals surface area contributed by atoms with Crippen LogP contribution >= 0.6 is 0 Å².